The van der Waals surface area contributed by atoms with Crippen molar-refractivity contribution in [1.82, 2.24) is 15.5 Å². The second kappa shape index (κ2) is 9.70. The Balaban J connectivity index is 4.18. The van der Waals surface area contributed by atoms with Crippen molar-refractivity contribution in [3.05, 3.63) is 0 Å². The highest BCUT2D eigenvalue weighted by Crippen LogP contribution is 1.89. The molecule has 0 fully saturated rings. The molecule has 0 aromatic rings. The Bertz CT molecular complexity index is 267. The number of nitrogens with one attached hydrogen (secondary N) is 2. The van der Waals surface area contributed by atoms with E-state index in [1.54, 1.807) is 26.1 Å². The molecule has 0 bridgehead atoms. The minimum atomic E-state index is 0.0829. The van der Waals surface area contributed by atoms with Crippen LogP contribution in [0.25, 0.3) is 0 Å². The van der Waals surface area contributed by atoms with Crippen molar-refractivity contribution in [3.63, 3.8) is 0 Å². The van der Waals surface area contributed by atoms with E-state index in [0.717, 1.165) is 6.54 Å². The van der Waals surface area contributed by atoms with Gasteiger partial charge in [-0.1, -0.05) is 0 Å². The number of hydrogen-bond acceptors (Lipinski definition) is 3. The number of carbonyl (C=O) groups excluding carboxylic acids is 1. The number of methoxy groups -OCH3 is 1. The number of aliphatic imine (C=N–C) groups is 1. The van der Waals surface area contributed by atoms with E-state index in [0.29, 0.717) is 25.5 Å². The van der Waals surface area contributed by atoms with Crippen LogP contribution in [-0.4, -0.2) is 63.7 Å². The number of guanidine groups is 1. The number of ether oxygens (including phenoxy) is 1. The van der Waals surface area contributed by atoms with Crippen molar-refractivity contribution in [2.75, 3.05) is 40.9 Å². The lowest BCUT2D eigenvalue weighted by molar-refractivity contribution is -0.128. The molecule has 0 radical (unpaired) electrons. The normalized spacial score (nSPS) is 13.1. The molecule has 2 N–H and O–H groups in total. The molecule has 0 saturated heterocycles. The molecule has 1 amide bonds. The molecule has 0 aliphatic carbocycles. The molecule has 0 aromatic carbocycles. The number of hydrogen-bond donors (Lipinski definition) is 2. The van der Waals surface area contributed by atoms with E-state index in [1.165, 1.54) is 0 Å². The molecule has 0 saturated carbocycles. The summed E-state index contributed by atoms with van der Waals surface area (Å²) in [6.07, 6.45) is 0.419. The molecular weight excluding hydrogens is 232 g/mol. The number of rotatable bonds is 7. The molecule has 0 aliphatic heterocycles. The first-order valence-electron chi connectivity index (χ1n) is 6.25. The summed E-state index contributed by atoms with van der Waals surface area (Å²) in [7, 11) is 5.16. The highest BCUT2D eigenvalue weighted by molar-refractivity contribution is 5.81. The summed E-state index contributed by atoms with van der Waals surface area (Å²) in [6, 6.07) is 0.178. The Kier molecular flexibility index (Phi) is 9.00. The van der Waals surface area contributed by atoms with Crippen LogP contribution in [0.5, 0.6) is 0 Å². The van der Waals surface area contributed by atoms with Gasteiger partial charge in [-0.15, -0.1) is 0 Å². The first kappa shape index (κ1) is 16.7. The smallest absolute Gasteiger partial charge is 0.223 e. The van der Waals surface area contributed by atoms with Gasteiger partial charge in [-0.05, 0) is 13.8 Å². The highest BCUT2D eigenvalue weighted by atomic mass is 16.5. The Morgan fingerprint density at radius 3 is 2.61 bits per heavy atom. The van der Waals surface area contributed by atoms with Crippen LogP contribution in [-0.2, 0) is 9.53 Å². The molecule has 0 aromatic heterocycles. The third-order valence-electron chi connectivity index (χ3n) is 2.24. The lowest BCUT2D eigenvalue weighted by Crippen LogP contribution is -2.44. The molecule has 0 rings (SSSR count). The molecule has 18 heavy (non-hydrogen) atoms. The third-order valence-corrected chi connectivity index (χ3v) is 2.24. The Hall–Kier alpha value is -1.30. The molecule has 106 valence electrons. The van der Waals surface area contributed by atoms with Crippen LogP contribution < -0.4 is 10.6 Å². The van der Waals surface area contributed by atoms with E-state index in [9.17, 15) is 4.79 Å². The number of nitrogens with zero attached hydrogens (tertiary/aromatic N) is 2. The summed E-state index contributed by atoms with van der Waals surface area (Å²) in [5.74, 6) is 0.799. The van der Waals surface area contributed by atoms with Crippen molar-refractivity contribution in [2.45, 2.75) is 26.3 Å². The zero-order chi connectivity index (χ0) is 14.0. The zero-order valence-electron chi connectivity index (χ0n) is 12.1. The number of amides is 1. The molecule has 0 spiro atoms. The fourth-order valence-corrected chi connectivity index (χ4v) is 1.33. The van der Waals surface area contributed by atoms with E-state index in [1.807, 2.05) is 13.8 Å². The van der Waals surface area contributed by atoms with Gasteiger partial charge in [0.2, 0.25) is 5.91 Å². The van der Waals surface area contributed by atoms with Gasteiger partial charge < -0.3 is 20.3 Å². The van der Waals surface area contributed by atoms with Gasteiger partial charge in [-0.2, -0.15) is 0 Å². The van der Waals surface area contributed by atoms with Crippen LogP contribution >= 0.6 is 0 Å². The molecule has 0 aliphatic rings. The predicted octanol–water partition coefficient (Wildman–Crippen LogP) is 0.0547. The molecule has 6 heteroatoms. The maximum atomic E-state index is 11.4. The predicted molar refractivity (Wildman–Crippen MR) is 73.8 cm³/mol. The van der Waals surface area contributed by atoms with Gasteiger partial charge in [0.15, 0.2) is 5.96 Å². The van der Waals surface area contributed by atoms with Crippen molar-refractivity contribution in [1.29, 1.82) is 0 Å². The highest BCUT2D eigenvalue weighted by Gasteiger charge is 2.06. The standard InChI is InChI=1S/C12H26N4O2/c1-6-13-12(15-10(2)9-18-5)14-8-7-11(17)16(3)4/h10H,6-9H2,1-5H3,(H2,13,14,15). The van der Waals surface area contributed by atoms with Crippen LogP contribution in [0.4, 0.5) is 0 Å². The van der Waals surface area contributed by atoms with Gasteiger partial charge in [0.05, 0.1) is 13.2 Å². The Morgan fingerprint density at radius 1 is 1.44 bits per heavy atom. The van der Waals surface area contributed by atoms with Gasteiger partial charge in [-0.25, -0.2) is 0 Å². The second-order valence-electron chi connectivity index (χ2n) is 4.30. The maximum absolute atomic E-state index is 11.4. The van der Waals surface area contributed by atoms with Crippen molar-refractivity contribution >= 4 is 11.9 Å². The second-order valence-corrected chi connectivity index (χ2v) is 4.30. The van der Waals surface area contributed by atoms with Crippen molar-refractivity contribution in [2.24, 2.45) is 4.99 Å². The number of carbonyl (C=O) groups is 1. The van der Waals surface area contributed by atoms with Gasteiger partial charge in [0.1, 0.15) is 0 Å². The van der Waals surface area contributed by atoms with Crippen LogP contribution in [0.2, 0.25) is 0 Å². The minimum Gasteiger partial charge on any atom is -0.383 e. The summed E-state index contributed by atoms with van der Waals surface area (Å²) in [6.45, 7) is 5.89. The van der Waals surface area contributed by atoms with Gasteiger partial charge >= 0.3 is 0 Å². The third kappa shape index (κ3) is 7.89. The van der Waals surface area contributed by atoms with Crippen LogP contribution in [0.15, 0.2) is 4.99 Å². The average Bonchev–Trinajstić information content (AvgIpc) is 2.29. The molecular formula is C12H26N4O2. The summed E-state index contributed by atoms with van der Waals surface area (Å²) >= 11 is 0. The van der Waals surface area contributed by atoms with Crippen LogP contribution in [0.1, 0.15) is 20.3 Å². The van der Waals surface area contributed by atoms with Gasteiger partial charge in [0.25, 0.3) is 0 Å². The van der Waals surface area contributed by atoms with E-state index in [-0.39, 0.29) is 11.9 Å². The van der Waals surface area contributed by atoms with Gasteiger partial charge in [-0.3, -0.25) is 9.79 Å². The summed E-state index contributed by atoms with van der Waals surface area (Å²) in [5.41, 5.74) is 0. The summed E-state index contributed by atoms with van der Waals surface area (Å²) in [5, 5.41) is 6.34. The minimum absolute atomic E-state index is 0.0829. The molecule has 1 unspecified atom stereocenters. The summed E-state index contributed by atoms with van der Waals surface area (Å²) < 4.78 is 5.05. The fourth-order valence-electron chi connectivity index (χ4n) is 1.33. The van der Waals surface area contributed by atoms with E-state index < -0.39 is 0 Å². The van der Waals surface area contributed by atoms with E-state index in [2.05, 4.69) is 15.6 Å². The first-order chi connectivity index (χ1) is 8.51. The fraction of sp³-hybridized carbons (Fsp3) is 0.833. The van der Waals surface area contributed by atoms with Crippen molar-refractivity contribution in [3.8, 4) is 0 Å². The lowest BCUT2D eigenvalue weighted by atomic mass is 10.3. The molecule has 6 nitrogen and oxygen atoms in total. The Labute approximate surface area is 110 Å². The average molecular weight is 258 g/mol. The zero-order valence-corrected chi connectivity index (χ0v) is 12.1. The maximum Gasteiger partial charge on any atom is 0.223 e. The summed E-state index contributed by atoms with van der Waals surface area (Å²) in [4.78, 5) is 17.3. The quantitative estimate of drug-likeness (QED) is 0.500. The van der Waals surface area contributed by atoms with Crippen LogP contribution in [0.3, 0.4) is 0 Å². The lowest BCUT2D eigenvalue weighted by Gasteiger charge is -2.17. The van der Waals surface area contributed by atoms with Crippen LogP contribution in [0, 0.1) is 0 Å². The van der Waals surface area contributed by atoms with E-state index >= 15 is 0 Å². The largest absolute Gasteiger partial charge is 0.383 e. The van der Waals surface area contributed by atoms with E-state index in [4.69, 9.17) is 4.74 Å². The molecule has 0 heterocycles. The first-order valence-corrected chi connectivity index (χ1v) is 6.25. The SMILES string of the molecule is CCNC(=NCCC(=O)N(C)C)NC(C)COC. The Morgan fingerprint density at radius 2 is 2.11 bits per heavy atom. The monoisotopic (exact) mass is 258 g/mol. The van der Waals surface area contributed by atoms with Gasteiger partial charge in [0, 0.05) is 40.2 Å². The molecule has 1 atom stereocenters. The van der Waals surface area contributed by atoms with Crippen molar-refractivity contribution < 1.29 is 9.53 Å². The topological polar surface area (TPSA) is 66.0 Å².